The van der Waals surface area contributed by atoms with Gasteiger partial charge in [-0.25, -0.2) is 0 Å². The molecule has 3 nitrogen and oxygen atoms in total. The Bertz CT molecular complexity index is 344. The number of nitrogens with two attached hydrogens (primary N) is 1. The molecule has 0 aliphatic carbocycles. The number of hydrogen-bond donors (Lipinski definition) is 2. The highest BCUT2D eigenvalue weighted by Crippen LogP contribution is 2.26. The highest BCUT2D eigenvalue weighted by Gasteiger charge is 2.17. The van der Waals surface area contributed by atoms with E-state index in [0.717, 1.165) is 17.4 Å². The molecule has 0 saturated heterocycles. The number of hydrogen-bond acceptors (Lipinski definition) is 3. The third-order valence-corrected chi connectivity index (χ3v) is 3.64. The first-order valence-electron chi connectivity index (χ1n) is 5.89. The second-order valence-corrected chi connectivity index (χ2v) is 5.25. The molecule has 0 radical (unpaired) electrons. The van der Waals surface area contributed by atoms with Gasteiger partial charge in [-0.2, -0.15) is 0 Å². The van der Waals surface area contributed by atoms with Gasteiger partial charge in [0.2, 0.25) is 0 Å². The van der Waals surface area contributed by atoms with Gasteiger partial charge in [0.15, 0.2) is 0 Å². The van der Waals surface area contributed by atoms with Crippen molar-refractivity contribution in [3.05, 3.63) is 34.3 Å². The summed E-state index contributed by atoms with van der Waals surface area (Å²) in [5, 5.41) is 9.31. The fourth-order valence-electron chi connectivity index (χ4n) is 1.84. The van der Waals surface area contributed by atoms with Crippen LogP contribution in [0, 0.1) is 0 Å². The second-order valence-electron chi connectivity index (χ2n) is 4.39. The molecule has 17 heavy (non-hydrogen) atoms. The Morgan fingerprint density at radius 3 is 2.59 bits per heavy atom. The van der Waals surface area contributed by atoms with E-state index < -0.39 is 0 Å². The van der Waals surface area contributed by atoms with E-state index in [1.165, 1.54) is 5.56 Å². The lowest BCUT2D eigenvalue weighted by Crippen LogP contribution is -2.32. The van der Waals surface area contributed by atoms with Crippen LogP contribution in [0.3, 0.4) is 0 Å². The first-order chi connectivity index (χ1) is 8.06. The molecule has 0 aliphatic rings. The Labute approximate surface area is 112 Å². The van der Waals surface area contributed by atoms with Crippen LogP contribution in [0.2, 0.25) is 0 Å². The number of likely N-dealkylation sites (N-methyl/N-ethyl adjacent to an activating group) is 1. The Hall–Kier alpha value is -0.420. The van der Waals surface area contributed by atoms with Crippen molar-refractivity contribution in [3.8, 4) is 0 Å². The first kappa shape index (κ1) is 14.6. The second kappa shape index (κ2) is 7.11. The molecule has 2 atom stereocenters. The van der Waals surface area contributed by atoms with Crippen LogP contribution in [-0.2, 0) is 0 Å². The van der Waals surface area contributed by atoms with Crippen molar-refractivity contribution in [1.29, 1.82) is 0 Å². The van der Waals surface area contributed by atoms with E-state index in [9.17, 15) is 5.11 Å². The minimum absolute atomic E-state index is 0.185. The molecule has 1 rings (SSSR count). The van der Waals surface area contributed by atoms with E-state index in [0.29, 0.717) is 6.54 Å². The molecule has 4 heteroatoms. The fourth-order valence-corrected chi connectivity index (χ4v) is 2.39. The molecule has 0 saturated carbocycles. The minimum atomic E-state index is -0.268. The van der Waals surface area contributed by atoms with Crippen LogP contribution in [0.1, 0.15) is 24.9 Å². The molecule has 1 aromatic carbocycles. The Morgan fingerprint density at radius 2 is 2.06 bits per heavy atom. The highest BCUT2D eigenvalue weighted by atomic mass is 79.9. The number of aliphatic hydroxyl groups excluding tert-OH is 1. The predicted molar refractivity (Wildman–Crippen MR) is 74.9 cm³/mol. The Balaban J connectivity index is 2.74. The van der Waals surface area contributed by atoms with E-state index >= 15 is 0 Å². The minimum Gasteiger partial charge on any atom is -0.393 e. The van der Waals surface area contributed by atoms with E-state index in [1.54, 1.807) is 0 Å². The standard InChI is InChI=1S/C13H21BrN2O/c1-10(17)7-8-16(2)13(9-15)11-5-3-4-6-12(11)14/h3-6,10,13,17H,7-9,15H2,1-2H3. The van der Waals surface area contributed by atoms with E-state index in [-0.39, 0.29) is 12.1 Å². The largest absolute Gasteiger partial charge is 0.393 e. The zero-order chi connectivity index (χ0) is 12.8. The summed E-state index contributed by atoms with van der Waals surface area (Å²) in [6.45, 7) is 3.21. The lowest BCUT2D eigenvalue weighted by molar-refractivity contribution is 0.150. The van der Waals surface area contributed by atoms with Gasteiger partial charge in [-0.15, -0.1) is 0 Å². The third-order valence-electron chi connectivity index (χ3n) is 2.92. The molecule has 0 aromatic heterocycles. The summed E-state index contributed by atoms with van der Waals surface area (Å²) >= 11 is 3.55. The van der Waals surface area contributed by atoms with E-state index in [1.807, 2.05) is 32.2 Å². The highest BCUT2D eigenvalue weighted by molar-refractivity contribution is 9.10. The van der Waals surface area contributed by atoms with Gasteiger partial charge in [-0.1, -0.05) is 34.1 Å². The van der Waals surface area contributed by atoms with Crippen LogP contribution in [0.15, 0.2) is 28.7 Å². The van der Waals surface area contributed by atoms with Crippen molar-refractivity contribution in [3.63, 3.8) is 0 Å². The maximum Gasteiger partial charge on any atom is 0.0524 e. The van der Waals surface area contributed by atoms with Crippen LogP contribution >= 0.6 is 15.9 Å². The summed E-state index contributed by atoms with van der Waals surface area (Å²) in [6.07, 6.45) is 0.493. The van der Waals surface area contributed by atoms with Crippen molar-refractivity contribution in [2.45, 2.75) is 25.5 Å². The van der Waals surface area contributed by atoms with Crippen LogP contribution < -0.4 is 5.73 Å². The number of rotatable bonds is 6. The monoisotopic (exact) mass is 300 g/mol. The topological polar surface area (TPSA) is 49.5 Å². The molecule has 0 bridgehead atoms. The maximum absolute atomic E-state index is 9.31. The van der Waals surface area contributed by atoms with Gasteiger partial charge in [0.1, 0.15) is 0 Å². The number of benzene rings is 1. The first-order valence-corrected chi connectivity index (χ1v) is 6.68. The van der Waals surface area contributed by atoms with Crippen molar-refractivity contribution < 1.29 is 5.11 Å². The lowest BCUT2D eigenvalue weighted by atomic mass is 10.1. The van der Waals surface area contributed by atoms with Crippen molar-refractivity contribution >= 4 is 15.9 Å². The molecule has 0 aliphatic heterocycles. The normalized spacial score (nSPS) is 14.9. The summed E-state index contributed by atoms with van der Waals surface area (Å²) < 4.78 is 1.08. The summed E-state index contributed by atoms with van der Waals surface area (Å²) in [5.41, 5.74) is 7.05. The average molecular weight is 301 g/mol. The predicted octanol–water partition coefficient (Wildman–Crippen LogP) is 2.15. The van der Waals surface area contributed by atoms with E-state index in [4.69, 9.17) is 5.73 Å². The van der Waals surface area contributed by atoms with Crippen LogP contribution in [0.4, 0.5) is 0 Å². The molecule has 0 heterocycles. The van der Waals surface area contributed by atoms with Gasteiger partial charge < -0.3 is 10.8 Å². The van der Waals surface area contributed by atoms with Crippen molar-refractivity contribution in [2.24, 2.45) is 5.73 Å². The van der Waals surface area contributed by atoms with E-state index in [2.05, 4.69) is 26.9 Å². The van der Waals surface area contributed by atoms with Gasteiger partial charge >= 0.3 is 0 Å². The number of halogens is 1. The van der Waals surface area contributed by atoms with Gasteiger partial charge in [-0.05, 0) is 32.0 Å². The summed E-state index contributed by atoms with van der Waals surface area (Å²) in [7, 11) is 2.04. The van der Waals surface area contributed by atoms with Gasteiger partial charge in [-0.3, -0.25) is 4.90 Å². The summed E-state index contributed by atoms with van der Waals surface area (Å²) in [4.78, 5) is 2.19. The summed E-state index contributed by atoms with van der Waals surface area (Å²) in [6, 6.07) is 8.31. The zero-order valence-corrected chi connectivity index (χ0v) is 12.0. The molecular weight excluding hydrogens is 280 g/mol. The zero-order valence-electron chi connectivity index (χ0n) is 10.4. The fraction of sp³-hybridized carbons (Fsp3) is 0.538. The molecule has 2 unspecified atom stereocenters. The molecule has 0 amide bonds. The quantitative estimate of drug-likeness (QED) is 0.846. The molecule has 3 N–H and O–H groups in total. The molecule has 96 valence electrons. The number of nitrogens with zero attached hydrogens (tertiary/aromatic N) is 1. The maximum atomic E-state index is 9.31. The Kier molecular flexibility index (Phi) is 6.12. The SMILES string of the molecule is CC(O)CCN(C)C(CN)c1ccccc1Br. The van der Waals surface area contributed by atoms with Crippen LogP contribution in [0.5, 0.6) is 0 Å². The Morgan fingerprint density at radius 1 is 1.41 bits per heavy atom. The smallest absolute Gasteiger partial charge is 0.0524 e. The van der Waals surface area contributed by atoms with Gasteiger partial charge in [0.05, 0.1) is 6.10 Å². The lowest BCUT2D eigenvalue weighted by Gasteiger charge is -2.28. The molecular formula is C13H21BrN2O. The van der Waals surface area contributed by atoms with Gasteiger partial charge in [0, 0.05) is 23.6 Å². The molecule has 1 aromatic rings. The molecule has 0 fully saturated rings. The third kappa shape index (κ3) is 4.39. The average Bonchev–Trinajstić information content (AvgIpc) is 2.30. The van der Waals surface area contributed by atoms with Crippen LogP contribution in [0.25, 0.3) is 0 Å². The molecule has 0 spiro atoms. The summed E-state index contributed by atoms with van der Waals surface area (Å²) in [5.74, 6) is 0. The van der Waals surface area contributed by atoms with Gasteiger partial charge in [0.25, 0.3) is 0 Å². The van der Waals surface area contributed by atoms with Crippen molar-refractivity contribution in [2.75, 3.05) is 20.1 Å². The number of aliphatic hydroxyl groups is 1. The van der Waals surface area contributed by atoms with Crippen LogP contribution in [-0.4, -0.2) is 36.2 Å². The van der Waals surface area contributed by atoms with Crippen molar-refractivity contribution in [1.82, 2.24) is 4.90 Å².